The quantitative estimate of drug-likeness (QED) is 0.715. The van der Waals surface area contributed by atoms with Gasteiger partial charge in [-0.3, -0.25) is 0 Å². The van der Waals surface area contributed by atoms with Gasteiger partial charge in [0, 0.05) is 26.1 Å². The van der Waals surface area contributed by atoms with Gasteiger partial charge < -0.3 is 15.8 Å². The molecule has 1 unspecified atom stereocenters. The van der Waals surface area contributed by atoms with Gasteiger partial charge in [0.25, 0.3) is 0 Å². The molecule has 1 atom stereocenters. The maximum atomic E-state index is 5.46. The second-order valence-electron chi connectivity index (χ2n) is 3.09. The second kappa shape index (κ2) is 5.90. The molecule has 5 nitrogen and oxygen atoms in total. The molecule has 1 heterocycles. The van der Waals surface area contributed by atoms with Crippen LogP contribution < -0.4 is 11.1 Å². The van der Waals surface area contributed by atoms with E-state index in [1.165, 1.54) is 11.3 Å². The molecule has 0 bridgehead atoms. The van der Waals surface area contributed by atoms with Gasteiger partial charge in [0.2, 0.25) is 5.13 Å². The van der Waals surface area contributed by atoms with E-state index < -0.39 is 0 Å². The third-order valence-corrected chi connectivity index (χ3v) is 2.54. The SMILES string of the molecule is COCC(C)NCCc1nnc(N)s1. The number of nitrogens with zero attached hydrogens (tertiary/aromatic N) is 2. The Morgan fingerprint density at radius 3 is 2.93 bits per heavy atom. The van der Waals surface area contributed by atoms with E-state index in [1.807, 2.05) is 0 Å². The topological polar surface area (TPSA) is 73.1 Å². The second-order valence-corrected chi connectivity index (χ2v) is 4.19. The van der Waals surface area contributed by atoms with Gasteiger partial charge >= 0.3 is 0 Å². The Balaban J connectivity index is 2.15. The molecular weight excluding hydrogens is 200 g/mol. The lowest BCUT2D eigenvalue weighted by Crippen LogP contribution is -2.31. The maximum absolute atomic E-state index is 5.46. The number of nitrogens with one attached hydrogen (secondary N) is 1. The normalized spacial score (nSPS) is 13.0. The first-order valence-corrected chi connectivity index (χ1v) is 5.34. The van der Waals surface area contributed by atoms with Gasteiger partial charge in [0.1, 0.15) is 5.01 Å². The average Bonchev–Trinajstić information content (AvgIpc) is 2.52. The summed E-state index contributed by atoms with van der Waals surface area (Å²) in [7, 11) is 1.70. The van der Waals surface area contributed by atoms with E-state index in [-0.39, 0.29) is 0 Å². The standard InChI is InChI=1S/C8H16N4OS/c1-6(5-13-2)10-4-3-7-11-12-8(9)14-7/h6,10H,3-5H2,1-2H3,(H2,9,12). The van der Waals surface area contributed by atoms with Crippen LogP contribution >= 0.6 is 11.3 Å². The molecule has 14 heavy (non-hydrogen) atoms. The number of anilines is 1. The van der Waals surface area contributed by atoms with Crippen molar-refractivity contribution < 1.29 is 4.74 Å². The van der Waals surface area contributed by atoms with Crippen LogP contribution in [0.5, 0.6) is 0 Å². The van der Waals surface area contributed by atoms with E-state index in [4.69, 9.17) is 10.5 Å². The summed E-state index contributed by atoms with van der Waals surface area (Å²) in [5.74, 6) is 0. The molecule has 0 aromatic carbocycles. The van der Waals surface area contributed by atoms with Gasteiger partial charge in [-0.25, -0.2) is 0 Å². The number of nitrogen functional groups attached to an aromatic ring is 1. The molecule has 0 aliphatic heterocycles. The number of hydrogen-bond acceptors (Lipinski definition) is 6. The van der Waals surface area contributed by atoms with Crippen molar-refractivity contribution in [2.75, 3.05) is 26.0 Å². The van der Waals surface area contributed by atoms with Crippen LogP contribution in [0.25, 0.3) is 0 Å². The van der Waals surface area contributed by atoms with Gasteiger partial charge in [0.15, 0.2) is 0 Å². The van der Waals surface area contributed by atoms with Gasteiger partial charge in [0.05, 0.1) is 6.61 Å². The molecule has 3 N–H and O–H groups in total. The van der Waals surface area contributed by atoms with Crippen LogP contribution in [0.1, 0.15) is 11.9 Å². The summed E-state index contributed by atoms with van der Waals surface area (Å²) in [4.78, 5) is 0. The molecule has 0 saturated heterocycles. The third kappa shape index (κ3) is 3.99. The summed E-state index contributed by atoms with van der Waals surface area (Å²) in [6.45, 7) is 3.68. The van der Waals surface area contributed by atoms with Gasteiger partial charge in [-0.1, -0.05) is 11.3 Å². The minimum atomic E-state index is 0.366. The van der Waals surface area contributed by atoms with Gasteiger partial charge in [-0.2, -0.15) is 0 Å². The Morgan fingerprint density at radius 1 is 1.57 bits per heavy atom. The van der Waals surface area contributed by atoms with Crippen LogP contribution in [0.3, 0.4) is 0 Å². The van der Waals surface area contributed by atoms with Crippen LogP contribution in [-0.2, 0) is 11.2 Å². The van der Waals surface area contributed by atoms with Crippen molar-refractivity contribution in [3.63, 3.8) is 0 Å². The monoisotopic (exact) mass is 216 g/mol. The molecule has 80 valence electrons. The van der Waals surface area contributed by atoms with Crippen LogP contribution in [0.2, 0.25) is 0 Å². The summed E-state index contributed by atoms with van der Waals surface area (Å²) in [5.41, 5.74) is 5.46. The molecule has 1 aromatic rings. The first-order chi connectivity index (χ1) is 6.72. The molecular formula is C8H16N4OS. The highest BCUT2D eigenvalue weighted by molar-refractivity contribution is 7.15. The molecule has 0 aliphatic rings. The van der Waals surface area contributed by atoms with Crippen LogP contribution in [0, 0.1) is 0 Å². The largest absolute Gasteiger partial charge is 0.383 e. The Kier molecular flexibility index (Phi) is 4.78. The van der Waals surface area contributed by atoms with Crippen molar-refractivity contribution >= 4 is 16.5 Å². The first-order valence-electron chi connectivity index (χ1n) is 4.52. The van der Waals surface area contributed by atoms with E-state index in [0.29, 0.717) is 11.2 Å². The fraction of sp³-hybridized carbons (Fsp3) is 0.750. The van der Waals surface area contributed by atoms with Crippen molar-refractivity contribution in [2.24, 2.45) is 0 Å². The summed E-state index contributed by atoms with van der Waals surface area (Å²) in [5, 5.41) is 12.5. The Bertz CT molecular complexity index is 266. The number of nitrogens with two attached hydrogens (primary N) is 1. The Hall–Kier alpha value is -0.720. The van der Waals surface area contributed by atoms with Crippen molar-refractivity contribution in [3.05, 3.63) is 5.01 Å². The highest BCUT2D eigenvalue weighted by Crippen LogP contribution is 2.10. The van der Waals surface area contributed by atoms with Crippen molar-refractivity contribution in [1.29, 1.82) is 0 Å². The Morgan fingerprint density at radius 2 is 2.36 bits per heavy atom. The van der Waals surface area contributed by atoms with E-state index in [2.05, 4.69) is 22.4 Å². The van der Waals surface area contributed by atoms with Gasteiger partial charge in [-0.05, 0) is 6.92 Å². The molecule has 1 rings (SSSR count). The fourth-order valence-electron chi connectivity index (χ4n) is 1.10. The third-order valence-electron chi connectivity index (χ3n) is 1.73. The average molecular weight is 216 g/mol. The number of methoxy groups -OCH3 is 1. The van der Waals surface area contributed by atoms with E-state index in [1.54, 1.807) is 7.11 Å². The van der Waals surface area contributed by atoms with E-state index in [0.717, 1.165) is 24.6 Å². The van der Waals surface area contributed by atoms with Crippen LogP contribution in [0.15, 0.2) is 0 Å². The molecule has 6 heteroatoms. The lowest BCUT2D eigenvalue weighted by molar-refractivity contribution is 0.172. The van der Waals surface area contributed by atoms with E-state index in [9.17, 15) is 0 Å². The summed E-state index contributed by atoms with van der Waals surface area (Å²) in [6, 6.07) is 0.366. The first kappa shape index (κ1) is 11.4. The number of ether oxygens (including phenoxy) is 1. The molecule has 1 aromatic heterocycles. The van der Waals surface area contributed by atoms with Crippen molar-refractivity contribution in [2.45, 2.75) is 19.4 Å². The highest BCUT2D eigenvalue weighted by atomic mass is 32.1. The minimum absolute atomic E-state index is 0.366. The number of rotatable bonds is 6. The smallest absolute Gasteiger partial charge is 0.203 e. The van der Waals surface area contributed by atoms with E-state index >= 15 is 0 Å². The molecule has 0 fully saturated rings. The zero-order valence-electron chi connectivity index (χ0n) is 8.49. The molecule has 0 spiro atoms. The van der Waals surface area contributed by atoms with Crippen molar-refractivity contribution in [3.8, 4) is 0 Å². The van der Waals surface area contributed by atoms with Crippen LogP contribution in [0.4, 0.5) is 5.13 Å². The summed E-state index contributed by atoms with van der Waals surface area (Å²) in [6.07, 6.45) is 0.864. The lowest BCUT2D eigenvalue weighted by atomic mass is 10.3. The summed E-state index contributed by atoms with van der Waals surface area (Å²) < 4.78 is 5.00. The fourth-order valence-corrected chi connectivity index (χ4v) is 1.71. The van der Waals surface area contributed by atoms with Crippen LogP contribution in [-0.4, -0.2) is 36.5 Å². The summed E-state index contributed by atoms with van der Waals surface area (Å²) >= 11 is 1.44. The zero-order chi connectivity index (χ0) is 10.4. The zero-order valence-corrected chi connectivity index (χ0v) is 9.30. The molecule has 0 saturated carbocycles. The minimum Gasteiger partial charge on any atom is -0.383 e. The molecule has 0 radical (unpaired) electrons. The lowest BCUT2D eigenvalue weighted by Gasteiger charge is -2.11. The number of aromatic nitrogens is 2. The van der Waals surface area contributed by atoms with Crippen molar-refractivity contribution in [1.82, 2.24) is 15.5 Å². The predicted molar refractivity (Wildman–Crippen MR) is 57.4 cm³/mol. The van der Waals surface area contributed by atoms with Gasteiger partial charge in [-0.15, -0.1) is 10.2 Å². The molecule has 0 aliphatic carbocycles. The molecule has 0 amide bonds. The highest BCUT2D eigenvalue weighted by Gasteiger charge is 2.02. The Labute approximate surface area is 87.7 Å². The predicted octanol–water partition coefficient (Wildman–Crippen LogP) is 0.287. The number of hydrogen-bond donors (Lipinski definition) is 2. The maximum Gasteiger partial charge on any atom is 0.203 e.